The molecule has 1 unspecified atom stereocenters. The number of aliphatic hydroxyl groups is 1. The van der Waals surface area contributed by atoms with Gasteiger partial charge in [0, 0.05) is 13.2 Å². The molecule has 0 spiro atoms. The Morgan fingerprint density at radius 3 is 2.60 bits per heavy atom. The summed E-state index contributed by atoms with van der Waals surface area (Å²) in [4.78, 5) is 11.8. The number of halogens is 1. The molecule has 1 aromatic carbocycles. The standard InChI is InChI=1S/C15H21FN2O2/c16-13-7-5-12(6-8-13)14(11-3-1-4-11)18-15(20)17-9-2-10-19/h5-8,11,14,19H,1-4,9-10H2,(H2,17,18,20). The summed E-state index contributed by atoms with van der Waals surface area (Å²) in [7, 11) is 0. The molecule has 0 radical (unpaired) electrons. The van der Waals surface area contributed by atoms with Crippen LogP contribution in [0.1, 0.15) is 37.3 Å². The fourth-order valence-electron chi connectivity index (χ4n) is 2.39. The van der Waals surface area contributed by atoms with E-state index in [-0.39, 0.29) is 24.5 Å². The molecule has 0 bridgehead atoms. The van der Waals surface area contributed by atoms with Crippen molar-refractivity contribution in [2.75, 3.05) is 13.2 Å². The number of hydrogen-bond acceptors (Lipinski definition) is 2. The molecule has 1 atom stereocenters. The van der Waals surface area contributed by atoms with Crippen LogP contribution in [0.25, 0.3) is 0 Å². The van der Waals surface area contributed by atoms with Gasteiger partial charge in [-0.05, 0) is 42.9 Å². The number of hydrogen-bond donors (Lipinski definition) is 3. The third-order valence-electron chi connectivity index (χ3n) is 3.76. The molecule has 4 nitrogen and oxygen atoms in total. The van der Waals surface area contributed by atoms with Gasteiger partial charge in [-0.2, -0.15) is 0 Å². The van der Waals surface area contributed by atoms with Crippen LogP contribution < -0.4 is 10.6 Å². The molecular weight excluding hydrogens is 259 g/mol. The maximum absolute atomic E-state index is 13.0. The molecule has 1 fully saturated rings. The van der Waals surface area contributed by atoms with E-state index in [0.717, 1.165) is 18.4 Å². The quantitative estimate of drug-likeness (QED) is 0.700. The maximum atomic E-state index is 13.0. The van der Waals surface area contributed by atoms with E-state index in [2.05, 4.69) is 10.6 Å². The van der Waals surface area contributed by atoms with Crippen LogP contribution in [0.2, 0.25) is 0 Å². The number of amides is 2. The Morgan fingerprint density at radius 1 is 1.35 bits per heavy atom. The number of rotatable bonds is 6. The van der Waals surface area contributed by atoms with E-state index in [1.54, 1.807) is 12.1 Å². The van der Waals surface area contributed by atoms with Crippen molar-refractivity contribution in [3.63, 3.8) is 0 Å². The van der Waals surface area contributed by atoms with Crippen molar-refractivity contribution in [1.82, 2.24) is 10.6 Å². The smallest absolute Gasteiger partial charge is 0.315 e. The number of benzene rings is 1. The van der Waals surface area contributed by atoms with Crippen molar-refractivity contribution in [3.8, 4) is 0 Å². The summed E-state index contributed by atoms with van der Waals surface area (Å²) in [6.07, 6.45) is 3.88. The second-order valence-corrected chi connectivity index (χ2v) is 5.20. The number of aliphatic hydroxyl groups excluding tert-OH is 1. The number of urea groups is 1. The molecule has 1 aliphatic carbocycles. The first-order chi connectivity index (χ1) is 9.70. The maximum Gasteiger partial charge on any atom is 0.315 e. The predicted molar refractivity (Wildman–Crippen MR) is 74.7 cm³/mol. The van der Waals surface area contributed by atoms with Crippen molar-refractivity contribution in [1.29, 1.82) is 0 Å². The average molecular weight is 280 g/mol. The van der Waals surface area contributed by atoms with Gasteiger partial charge in [-0.25, -0.2) is 9.18 Å². The summed E-state index contributed by atoms with van der Waals surface area (Å²) in [5.74, 6) is 0.151. The lowest BCUT2D eigenvalue weighted by Gasteiger charge is -2.34. The van der Waals surface area contributed by atoms with Gasteiger partial charge in [0.2, 0.25) is 0 Å². The van der Waals surface area contributed by atoms with Crippen LogP contribution in [0.5, 0.6) is 0 Å². The van der Waals surface area contributed by atoms with Crippen LogP contribution in [0.3, 0.4) is 0 Å². The summed E-state index contributed by atoms with van der Waals surface area (Å²) in [5.41, 5.74) is 0.938. The highest BCUT2D eigenvalue weighted by atomic mass is 19.1. The zero-order valence-corrected chi connectivity index (χ0v) is 11.4. The van der Waals surface area contributed by atoms with Crippen molar-refractivity contribution < 1.29 is 14.3 Å². The van der Waals surface area contributed by atoms with Gasteiger partial charge < -0.3 is 15.7 Å². The lowest BCUT2D eigenvalue weighted by atomic mass is 9.77. The van der Waals surface area contributed by atoms with Gasteiger partial charge in [-0.15, -0.1) is 0 Å². The largest absolute Gasteiger partial charge is 0.396 e. The summed E-state index contributed by atoms with van der Waals surface area (Å²) in [5, 5.41) is 14.4. The minimum atomic E-state index is -0.270. The zero-order valence-electron chi connectivity index (χ0n) is 11.4. The van der Waals surface area contributed by atoms with Gasteiger partial charge in [0.15, 0.2) is 0 Å². The molecule has 110 valence electrons. The van der Waals surface area contributed by atoms with E-state index in [1.807, 2.05) is 0 Å². The monoisotopic (exact) mass is 280 g/mol. The molecule has 2 amide bonds. The van der Waals surface area contributed by atoms with Crippen molar-refractivity contribution >= 4 is 6.03 Å². The van der Waals surface area contributed by atoms with E-state index in [4.69, 9.17) is 5.11 Å². The summed E-state index contributed by atoms with van der Waals surface area (Å²) < 4.78 is 13.0. The Morgan fingerprint density at radius 2 is 2.05 bits per heavy atom. The third-order valence-corrected chi connectivity index (χ3v) is 3.76. The van der Waals surface area contributed by atoms with Crippen LogP contribution in [-0.2, 0) is 0 Å². The van der Waals surface area contributed by atoms with Crippen LogP contribution in [0, 0.1) is 11.7 Å². The first-order valence-corrected chi connectivity index (χ1v) is 7.11. The highest BCUT2D eigenvalue weighted by molar-refractivity contribution is 5.74. The number of nitrogens with one attached hydrogen (secondary N) is 2. The van der Waals surface area contributed by atoms with Crippen LogP contribution in [0.15, 0.2) is 24.3 Å². The van der Waals surface area contributed by atoms with Crippen molar-refractivity contribution in [2.45, 2.75) is 31.7 Å². The van der Waals surface area contributed by atoms with E-state index in [1.165, 1.54) is 18.6 Å². The molecule has 2 rings (SSSR count). The first kappa shape index (κ1) is 14.8. The number of carbonyl (C=O) groups is 1. The molecule has 1 saturated carbocycles. The van der Waals surface area contributed by atoms with Crippen LogP contribution >= 0.6 is 0 Å². The minimum Gasteiger partial charge on any atom is -0.396 e. The Hall–Kier alpha value is -1.62. The molecule has 0 saturated heterocycles. The van der Waals surface area contributed by atoms with Crippen LogP contribution in [0.4, 0.5) is 9.18 Å². The molecule has 1 aromatic rings. The molecule has 0 heterocycles. The van der Waals surface area contributed by atoms with Gasteiger partial charge >= 0.3 is 6.03 Å². The zero-order chi connectivity index (χ0) is 14.4. The molecule has 0 aliphatic heterocycles. The van der Waals surface area contributed by atoms with E-state index >= 15 is 0 Å². The molecule has 1 aliphatic rings. The Labute approximate surface area is 118 Å². The fraction of sp³-hybridized carbons (Fsp3) is 0.533. The van der Waals surface area contributed by atoms with E-state index < -0.39 is 0 Å². The van der Waals surface area contributed by atoms with Gasteiger partial charge in [-0.1, -0.05) is 18.6 Å². The van der Waals surface area contributed by atoms with Gasteiger partial charge in [0.25, 0.3) is 0 Å². The summed E-state index contributed by atoms with van der Waals surface area (Å²) >= 11 is 0. The lowest BCUT2D eigenvalue weighted by molar-refractivity contribution is 0.207. The topological polar surface area (TPSA) is 61.4 Å². The van der Waals surface area contributed by atoms with E-state index in [0.29, 0.717) is 18.9 Å². The third kappa shape index (κ3) is 3.93. The Bertz CT molecular complexity index is 432. The van der Waals surface area contributed by atoms with Crippen molar-refractivity contribution in [2.24, 2.45) is 5.92 Å². The molecule has 5 heteroatoms. The summed E-state index contributed by atoms with van der Waals surface area (Å²) in [6.45, 7) is 0.507. The molecule has 20 heavy (non-hydrogen) atoms. The second kappa shape index (κ2) is 7.24. The molecule has 0 aromatic heterocycles. The van der Waals surface area contributed by atoms with Crippen LogP contribution in [-0.4, -0.2) is 24.3 Å². The minimum absolute atomic E-state index is 0.0598. The van der Waals surface area contributed by atoms with Gasteiger partial charge in [0.1, 0.15) is 5.82 Å². The van der Waals surface area contributed by atoms with Gasteiger partial charge in [0.05, 0.1) is 6.04 Å². The lowest BCUT2D eigenvalue weighted by Crippen LogP contribution is -2.42. The van der Waals surface area contributed by atoms with Crippen molar-refractivity contribution in [3.05, 3.63) is 35.6 Å². The molecular formula is C15H21FN2O2. The summed E-state index contributed by atoms with van der Waals surface area (Å²) in [6, 6.07) is 6.00. The second-order valence-electron chi connectivity index (χ2n) is 5.20. The highest BCUT2D eigenvalue weighted by Crippen LogP contribution is 2.37. The Kier molecular flexibility index (Phi) is 5.35. The Balaban J connectivity index is 1.97. The normalized spacial score (nSPS) is 16.3. The predicted octanol–water partition coefficient (Wildman–Crippen LogP) is 2.35. The highest BCUT2D eigenvalue weighted by Gasteiger charge is 2.29. The average Bonchev–Trinajstić information content (AvgIpc) is 2.37. The fourth-order valence-corrected chi connectivity index (χ4v) is 2.39. The number of carbonyl (C=O) groups excluding carboxylic acids is 1. The van der Waals surface area contributed by atoms with E-state index in [9.17, 15) is 9.18 Å². The SMILES string of the molecule is O=C(NCCCO)NC(c1ccc(F)cc1)C1CCC1. The first-order valence-electron chi connectivity index (χ1n) is 7.11. The van der Waals surface area contributed by atoms with Gasteiger partial charge in [-0.3, -0.25) is 0 Å². The molecule has 3 N–H and O–H groups in total.